The van der Waals surface area contributed by atoms with Crippen molar-refractivity contribution < 1.29 is 4.74 Å². The zero-order valence-corrected chi connectivity index (χ0v) is 16.8. The molecule has 142 valence electrons. The summed E-state index contributed by atoms with van der Waals surface area (Å²) in [4.78, 5) is 0. The number of rotatable bonds is 6. The summed E-state index contributed by atoms with van der Waals surface area (Å²) in [6.45, 7) is 4.99. The zero-order valence-electron chi connectivity index (χ0n) is 16.8. The fourth-order valence-electron chi connectivity index (χ4n) is 4.06. The van der Waals surface area contributed by atoms with Crippen LogP contribution in [0.15, 0.2) is 48.5 Å². The minimum Gasteiger partial charge on any atom is -0.494 e. The van der Waals surface area contributed by atoms with Gasteiger partial charge < -0.3 is 4.74 Å². The fourth-order valence-corrected chi connectivity index (χ4v) is 4.06. The molecule has 0 bridgehead atoms. The summed E-state index contributed by atoms with van der Waals surface area (Å²) in [5.41, 5.74) is 3.60. The third-order valence-electron chi connectivity index (χ3n) is 5.71. The second kappa shape index (κ2) is 10.2. The van der Waals surface area contributed by atoms with E-state index in [0.29, 0.717) is 6.61 Å². The van der Waals surface area contributed by atoms with E-state index in [2.05, 4.69) is 43.0 Å². The van der Waals surface area contributed by atoms with Gasteiger partial charge in [-0.15, -0.1) is 0 Å². The lowest BCUT2D eigenvalue weighted by atomic mass is 9.77. The van der Waals surface area contributed by atoms with Crippen molar-refractivity contribution in [1.82, 2.24) is 0 Å². The van der Waals surface area contributed by atoms with Gasteiger partial charge in [0.2, 0.25) is 0 Å². The Kier molecular flexibility index (Phi) is 7.40. The van der Waals surface area contributed by atoms with Gasteiger partial charge in [0.1, 0.15) is 5.75 Å². The van der Waals surface area contributed by atoms with Crippen LogP contribution in [-0.4, -0.2) is 6.61 Å². The monoisotopic (exact) mass is 360 g/mol. The molecule has 2 aromatic rings. The van der Waals surface area contributed by atoms with Crippen LogP contribution in [0, 0.1) is 17.8 Å². The van der Waals surface area contributed by atoms with Gasteiger partial charge in [0, 0.05) is 11.1 Å². The summed E-state index contributed by atoms with van der Waals surface area (Å²) < 4.78 is 5.47. The number of hydrogen-bond donors (Lipinski definition) is 0. The van der Waals surface area contributed by atoms with Crippen LogP contribution in [0.4, 0.5) is 0 Å². The van der Waals surface area contributed by atoms with Gasteiger partial charge in [0.25, 0.3) is 0 Å². The van der Waals surface area contributed by atoms with Gasteiger partial charge in [-0.1, -0.05) is 50.2 Å². The number of benzene rings is 2. The first kappa shape index (κ1) is 19.6. The fraction of sp³-hybridized carbons (Fsp3) is 0.462. The molecule has 0 atom stereocenters. The third-order valence-corrected chi connectivity index (χ3v) is 5.71. The van der Waals surface area contributed by atoms with Gasteiger partial charge in [0.15, 0.2) is 0 Å². The Bertz CT molecular complexity index is 738. The van der Waals surface area contributed by atoms with Crippen LogP contribution in [0.2, 0.25) is 0 Å². The predicted octanol–water partition coefficient (Wildman–Crippen LogP) is 6.95. The van der Waals surface area contributed by atoms with Gasteiger partial charge in [-0.3, -0.25) is 0 Å². The highest BCUT2D eigenvalue weighted by Crippen LogP contribution is 2.37. The Morgan fingerprint density at radius 3 is 1.96 bits per heavy atom. The Labute approximate surface area is 165 Å². The predicted molar refractivity (Wildman–Crippen MR) is 114 cm³/mol. The van der Waals surface area contributed by atoms with Crippen LogP contribution in [0.1, 0.15) is 81.4 Å². The molecule has 0 amide bonds. The molecule has 1 aliphatic rings. The lowest BCUT2D eigenvalue weighted by Crippen LogP contribution is -2.13. The maximum atomic E-state index is 5.47. The van der Waals surface area contributed by atoms with Crippen molar-refractivity contribution in [3.63, 3.8) is 0 Å². The molecular weight excluding hydrogens is 328 g/mol. The molecule has 0 N–H and O–H groups in total. The maximum absolute atomic E-state index is 5.47. The molecular formula is C26H32O. The van der Waals surface area contributed by atoms with Gasteiger partial charge in [0.05, 0.1) is 6.61 Å². The highest BCUT2D eigenvalue weighted by atomic mass is 16.5. The molecule has 1 fully saturated rings. The molecule has 3 rings (SSSR count). The van der Waals surface area contributed by atoms with Crippen molar-refractivity contribution in [1.29, 1.82) is 0 Å². The van der Waals surface area contributed by atoms with E-state index in [4.69, 9.17) is 4.74 Å². The van der Waals surface area contributed by atoms with Crippen molar-refractivity contribution >= 4 is 0 Å². The summed E-state index contributed by atoms with van der Waals surface area (Å²) in [5, 5.41) is 0. The van der Waals surface area contributed by atoms with Gasteiger partial charge in [-0.05, 0) is 86.4 Å². The van der Waals surface area contributed by atoms with Crippen molar-refractivity contribution in [3.8, 4) is 17.6 Å². The number of ether oxygens (including phenoxy) is 1. The van der Waals surface area contributed by atoms with Gasteiger partial charge in [-0.25, -0.2) is 0 Å². The SMILES string of the molecule is CCCC[C@H]1CC[C@H](c2ccc(C#Cc3ccc(OCC)cc3)cc2)CC1. The van der Waals surface area contributed by atoms with Crippen LogP contribution in [0.25, 0.3) is 0 Å². The van der Waals surface area contributed by atoms with E-state index in [9.17, 15) is 0 Å². The van der Waals surface area contributed by atoms with Crippen LogP contribution in [0.3, 0.4) is 0 Å². The number of hydrogen-bond acceptors (Lipinski definition) is 1. The quantitative estimate of drug-likeness (QED) is 0.506. The van der Waals surface area contributed by atoms with Crippen molar-refractivity contribution in [2.45, 2.75) is 64.7 Å². The van der Waals surface area contributed by atoms with E-state index in [1.54, 1.807) is 0 Å². The zero-order chi connectivity index (χ0) is 18.9. The molecule has 0 aliphatic heterocycles. The molecule has 1 aliphatic carbocycles. The van der Waals surface area contributed by atoms with Crippen molar-refractivity contribution in [2.24, 2.45) is 5.92 Å². The molecule has 0 spiro atoms. The largest absolute Gasteiger partial charge is 0.494 e. The van der Waals surface area contributed by atoms with Crippen molar-refractivity contribution in [3.05, 3.63) is 65.2 Å². The van der Waals surface area contributed by atoms with E-state index in [-0.39, 0.29) is 0 Å². The lowest BCUT2D eigenvalue weighted by molar-refractivity contribution is 0.304. The molecule has 0 unspecified atom stereocenters. The number of unbranched alkanes of at least 4 members (excludes halogenated alkanes) is 1. The van der Waals surface area contributed by atoms with E-state index in [1.807, 2.05) is 31.2 Å². The molecule has 1 saturated carbocycles. The average molecular weight is 361 g/mol. The summed E-state index contributed by atoms with van der Waals surface area (Å²) >= 11 is 0. The summed E-state index contributed by atoms with van der Waals surface area (Å²) in [6.07, 6.45) is 9.69. The van der Waals surface area contributed by atoms with E-state index >= 15 is 0 Å². The molecule has 1 nitrogen and oxygen atoms in total. The molecule has 27 heavy (non-hydrogen) atoms. The molecule has 0 radical (unpaired) electrons. The molecule has 0 aromatic heterocycles. The van der Waals surface area contributed by atoms with E-state index < -0.39 is 0 Å². The first-order chi connectivity index (χ1) is 13.3. The minimum absolute atomic E-state index is 0.692. The Morgan fingerprint density at radius 1 is 0.815 bits per heavy atom. The first-order valence-corrected chi connectivity index (χ1v) is 10.6. The maximum Gasteiger partial charge on any atom is 0.119 e. The van der Waals surface area contributed by atoms with E-state index in [0.717, 1.165) is 28.7 Å². The highest BCUT2D eigenvalue weighted by Gasteiger charge is 2.21. The normalized spacial score (nSPS) is 19.2. The van der Waals surface area contributed by atoms with Crippen LogP contribution in [-0.2, 0) is 0 Å². The standard InChI is InChI=1S/C26H32O/c1-3-5-6-21-9-15-24(16-10-21)25-17-11-22(12-18-25)7-8-23-13-19-26(20-14-23)27-4-2/h11-14,17-21,24H,3-6,9-10,15-16H2,1-2H3/t21-,24-. The molecule has 2 aromatic carbocycles. The average Bonchev–Trinajstić information content (AvgIpc) is 2.73. The summed E-state index contributed by atoms with van der Waals surface area (Å²) in [7, 11) is 0. The topological polar surface area (TPSA) is 9.23 Å². The van der Waals surface area contributed by atoms with E-state index in [1.165, 1.54) is 50.5 Å². The highest BCUT2D eigenvalue weighted by molar-refractivity contribution is 5.45. The molecule has 0 saturated heterocycles. The Hall–Kier alpha value is -2.20. The molecule has 1 heteroatoms. The van der Waals surface area contributed by atoms with Crippen LogP contribution < -0.4 is 4.74 Å². The summed E-state index contributed by atoms with van der Waals surface area (Å²) in [5.74, 6) is 9.15. The molecule has 0 heterocycles. The Morgan fingerprint density at radius 2 is 1.41 bits per heavy atom. The minimum atomic E-state index is 0.692. The lowest BCUT2D eigenvalue weighted by Gasteiger charge is -2.28. The van der Waals surface area contributed by atoms with Gasteiger partial charge in [-0.2, -0.15) is 0 Å². The first-order valence-electron chi connectivity index (χ1n) is 10.6. The van der Waals surface area contributed by atoms with Crippen LogP contribution >= 0.6 is 0 Å². The smallest absolute Gasteiger partial charge is 0.119 e. The van der Waals surface area contributed by atoms with Crippen molar-refractivity contribution in [2.75, 3.05) is 6.61 Å². The van der Waals surface area contributed by atoms with Gasteiger partial charge >= 0.3 is 0 Å². The van der Waals surface area contributed by atoms with Crippen LogP contribution in [0.5, 0.6) is 5.75 Å². The summed E-state index contributed by atoms with van der Waals surface area (Å²) in [6, 6.07) is 16.9. The second-order valence-electron chi connectivity index (χ2n) is 7.69. The Balaban J connectivity index is 1.55. The third kappa shape index (κ3) is 5.90. The second-order valence-corrected chi connectivity index (χ2v) is 7.69.